The Balaban J connectivity index is 1.84. The third-order valence-electron chi connectivity index (χ3n) is 4.63. The zero-order valence-electron chi connectivity index (χ0n) is 11.1. The summed E-state index contributed by atoms with van der Waals surface area (Å²) < 4.78 is 0. The minimum absolute atomic E-state index is 0.0377. The van der Waals surface area contributed by atoms with Crippen molar-refractivity contribution in [1.82, 2.24) is 4.90 Å². The largest absolute Gasteiger partial charge is 0.481 e. The van der Waals surface area contributed by atoms with Gasteiger partial charge in [0.2, 0.25) is 5.91 Å². The van der Waals surface area contributed by atoms with E-state index in [1.165, 1.54) is 6.42 Å². The molecule has 1 amide bonds. The summed E-state index contributed by atoms with van der Waals surface area (Å²) in [7, 11) is 0. The van der Waals surface area contributed by atoms with Crippen LogP contribution in [0.3, 0.4) is 0 Å². The summed E-state index contributed by atoms with van der Waals surface area (Å²) in [4.78, 5) is 25.2. The lowest BCUT2D eigenvalue weighted by Gasteiger charge is -2.33. The summed E-state index contributed by atoms with van der Waals surface area (Å²) >= 11 is 0. The highest BCUT2D eigenvalue weighted by Crippen LogP contribution is 2.33. The quantitative estimate of drug-likeness (QED) is 0.838. The van der Waals surface area contributed by atoms with Crippen LogP contribution in [0, 0.1) is 17.8 Å². The number of nitrogens with zero attached hydrogens (tertiary/aromatic N) is 1. The number of carbonyl (C=O) groups is 2. The fourth-order valence-corrected chi connectivity index (χ4v) is 3.25. The van der Waals surface area contributed by atoms with E-state index in [0.29, 0.717) is 12.8 Å². The van der Waals surface area contributed by atoms with Crippen molar-refractivity contribution in [2.24, 2.45) is 17.8 Å². The first kappa shape index (κ1) is 13.4. The van der Waals surface area contributed by atoms with Crippen LogP contribution in [0.4, 0.5) is 0 Å². The molecule has 0 unspecified atom stereocenters. The van der Waals surface area contributed by atoms with Crippen molar-refractivity contribution in [2.75, 3.05) is 13.1 Å². The lowest BCUT2D eigenvalue weighted by Crippen LogP contribution is -2.41. The number of amides is 1. The van der Waals surface area contributed by atoms with Crippen molar-refractivity contribution in [3.05, 3.63) is 0 Å². The van der Waals surface area contributed by atoms with Gasteiger partial charge in [0.25, 0.3) is 0 Å². The van der Waals surface area contributed by atoms with Gasteiger partial charge >= 0.3 is 5.97 Å². The molecule has 4 nitrogen and oxygen atoms in total. The summed E-state index contributed by atoms with van der Waals surface area (Å²) in [5.41, 5.74) is 0. The van der Waals surface area contributed by atoms with Gasteiger partial charge < -0.3 is 10.0 Å². The van der Waals surface area contributed by atoms with E-state index < -0.39 is 5.97 Å². The maximum absolute atomic E-state index is 12.3. The van der Waals surface area contributed by atoms with Gasteiger partial charge in [-0.25, -0.2) is 0 Å². The standard InChI is InChI=1S/C14H23NO3/c1-2-10-5-7-15(8-6-10)13(16)11-3-4-12(9-11)14(17)18/h10-12H,2-9H2,1H3,(H,17,18)/t11-,12+/m1/s1. The zero-order chi connectivity index (χ0) is 13.1. The van der Waals surface area contributed by atoms with Crippen LogP contribution < -0.4 is 0 Å². The van der Waals surface area contributed by atoms with Crippen LogP contribution in [-0.4, -0.2) is 35.0 Å². The van der Waals surface area contributed by atoms with Gasteiger partial charge in [-0.15, -0.1) is 0 Å². The summed E-state index contributed by atoms with van der Waals surface area (Å²) in [6, 6.07) is 0. The lowest BCUT2D eigenvalue weighted by molar-refractivity contribution is -0.141. The Morgan fingerprint density at radius 3 is 2.22 bits per heavy atom. The van der Waals surface area contributed by atoms with Gasteiger partial charge in [0.15, 0.2) is 0 Å². The average Bonchev–Trinajstić information content (AvgIpc) is 2.88. The number of carboxylic acids is 1. The number of carbonyl (C=O) groups excluding carboxylic acids is 1. The normalized spacial score (nSPS) is 29.5. The molecular weight excluding hydrogens is 230 g/mol. The topological polar surface area (TPSA) is 57.6 Å². The third kappa shape index (κ3) is 2.85. The van der Waals surface area contributed by atoms with Crippen LogP contribution in [0.15, 0.2) is 0 Å². The highest BCUT2D eigenvalue weighted by atomic mass is 16.4. The molecule has 1 heterocycles. The highest BCUT2D eigenvalue weighted by Gasteiger charge is 2.36. The molecule has 0 aromatic heterocycles. The van der Waals surface area contributed by atoms with Gasteiger partial charge in [0.05, 0.1) is 5.92 Å². The number of carboxylic acid groups (broad SMARTS) is 1. The molecular formula is C14H23NO3. The highest BCUT2D eigenvalue weighted by molar-refractivity contribution is 5.81. The van der Waals surface area contributed by atoms with Crippen LogP contribution in [0.5, 0.6) is 0 Å². The maximum Gasteiger partial charge on any atom is 0.306 e. The Morgan fingerprint density at radius 1 is 1.11 bits per heavy atom. The minimum atomic E-state index is -0.741. The molecule has 2 atom stereocenters. The first-order valence-corrected chi connectivity index (χ1v) is 7.13. The molecule has 2 fully saturated rings. The van der Waals surface area contributed by atoms with Crippen molar-refractivity contribution < 1.29 is 14.7 Å². The summed E-state index contributed by atoms with van der Waals surface area (Å²) in [5.74, 6) is -0.107. The van der Waals surface area contributed by atoms with E-state index in [0.717, 1.165) is 38.3 Å². The van der Waals surface area contributed by atoms with Crippen molar-refractivity contribution in [3.63, 3.8) is 0 Å². The summed E-state index contributed by atoms with van der Waals surface area (Å²) in [6.07, 6.45) is 5.38. The van der Waals surface area contributed by atoms with E-state index in [1.807, 2.05) is 4.90 Å². The molecule has 0 bridgehead atoms. The SMILES string of the molecule is CCC1CCN(C(=O)[C@@H]2CC[C@H](C(=O)O)C2)CC1. The van der Waals surface area contributed by atoms with Crippen molar-refractivity contribution in [2.45, 2.75) is 45.4 Å². The molecule has 18 heavy (non-hydrogen) atoms. The number of hydrogen-bond donors (Lipinski definition) is 1. The van der Waals surface area contributed by atoms with Gasteiger partial charge in [0, 0.05) is 19.0 Å². The second-order valence-corrected chi connectivity index (χ2v) is 5.72. The molecule has 1 saturated heterocycles. The van der Waals surface area contributed by atoms with Gasteiger partial charge in [-0.3, -0.25) is 9.59 Å². The van der Waals surface area contributed by atoms with E-state index in [9.17, 15) is 9.59 Å². The molecule has 2 aliphatic rings. The predicted octanol–water partition coefficient (Wildman–Crippen LogP) is 2.14. The maximum atomic E-state index is 12.3. The monoisotopic (exact) mass is 253 g/mol. The molecule has 1 aliphatic heterocycles. The molecule has 4 heteroatoms. The Labute approximate surface area is 108 Å². The van der Waals surface area contributed by atoms with E-state index in [1.54, 1.807) is 0 Å². The van der Waals surface area contributed by atoms with E-state index in [2.05, 4.69) is 6.92 Å². The number of likely N-dealkylation sites (tertiary alicyclic amines) is 1. The molecule has 0 aromatic rings. The zero-order valence-corrected chi connectivity index (χ0v) is 11.1. The number of aliphatic carboxylic acids is 1. The molecule has 0 radical (unpaired) electrons. The fourth-order valence-electron chi connectivity index (χ4n) is 3.25. The Bertz CT molecular complexity index is 321. The second-order valence-electron chi connectivity index (χ2n) is 5.72. The smallest absolute Gasteiger partial charge is 0.306 e. The van der Waals surface area contributed by atoms with Gasteiger partial charge in [0.1, 0.15) is 0 Å². The molecule has 2 rings (SSSR count). The number of rotatable bonds is 3. The fraction of sp³-hybridized carbons (Fsp3) is 0.857. The Morgan fingerprint density at radius 2 is 1.72 bits per heavy atom. The van der Waals surface area contributed by atoms with Crippen molar-refractivity contribution in [1.29, 1.82) is 0 Å². The predicted molar refractivity (Wildman–Crippen MR) is 68.1 cm³/mol. The van der Waals surface area contributed by atoms with Gasteiger partial charge in [-0.05, 0) is 38.0 Å². The second kappa shape index (κ2) is 5.72. The average molecular weight is 253 g/mol. The lowest BCUT2D eigenvalue weighted by atomic mass is 9.93. The molecule has 0 aromatic carbocycles. The van der Waals surface area contributed by atoms with Crippen LogP contribution in [0.2, 0.25) is 0 Å². The minimum Gasteiger partial charge on any atom is -0.481 e. The molecule has 1 N–H and O–H groups in total. The first-order chi connectivity index (χ1) is 8.61. The summed E-state index contributed by atoms with van der Waals surface area (Å²) in [6.45, 7) is 3.94. The Kier molecular flexibility index (Phi) is 4.25. The summed E-state index contributed by atoms with van der Waals surface area (Å²) in [5, 5.41) is 8.96. The van der Waals surface area contributed by atoms with Crippen molar-refractivity contribution in [3.8, 4) is 0 Å². The van der Waals surface area contributed by atoms with E-state index in [4.69, 9.17) is 5.11 Å². The molecule has 0 spiro atoms. The number of hydrogen-bond acceptors (Lipinski definition) is 2. The van der Waals surface area contributed by atoms with Crippen LogP contribution in [0.25, 0.3) is 0 Å². The third-order valence-corrected chi connectivity index (χ3v) is 4.63. The van der Waals surface area contributed by atoms with Crippen LogP contribution in [0.1, 0.15) is 45.4 Å². The van der Waals surface area contributed by atoms with E-state index in [-0.39, 0.29) is 17.7 Å². The molecule has 102 valence electrons. The molecule has 1 aliphatic carbocycles. The van der Waals surface area contributed by atoms with E-state index >= 15 is 0 Å². The Hall–Kier alpha value is -1.06. The number of piperidine rings is 1. The van der Waals surface area contributed by atoms with Crippen LogP contribution >= 0.6 is 0 Å². The molecule has 1 saturated carbocycles. The van der Waals surface area contributed by atoms with Crippen LogP contribution in [-0.2, 0) is 9.59 Å². The van der Waals surface area contributed by atoms with Gasteiger partial charge in [-0.1, -0.05) is 13.3 Å². The van der Waals surface area contributed by atoms with Gasteiger partial charge in [-0.2, -0.15) is 0 Å². The van der Waals surface area contributed by atoms with Crippen molar-refractivity contribution >= 4 is 11.9 Å². The first-order valence-electron chi connectivity index (χ1n) is 7.13.